The van der Waals surface area contributed by atoms with E-state index in [1.165, 1.54) is 12.1 Å². The van der Waals surface area contributed by atoms with Crippen molar-refractivity contribution in [1.29, 1.82) is 0 Å². The maximum Gasteiger partial charge on any atom is 0.227 e. The van der Waals surface area contributed by atoms with Crippen molar-refractivity contribution in [3.63, 3.8) is 0 Å². The van der Waals surface area contributed by atoms with Crippen molar-refractivity contribution in [2.45, 2.75) is 52.3 Å². The number of halogens is 1. The molecule has 1 aliphatic rings. The fourth-order valence-corrected chi connectivity index (χ4v) is 3.96. The number of aliphatic hydroxyl groups excluding tert-OH is 1. The summed E-state index contributed by atoms with van der Waals surface area (Å²) in [5, 5.41) is 15.4. The smallest absolute Gasteiger partial charge is 0.227 e. The van der Waals surface area contributed by atoms with E-state index in [1.54, 1.807) is 16.8 Å². The van der Waals surface area contributed by atoms with E-state index in [0.717, 1.165) is 29.8 Å². The third-order valence-electron chi connectivity index (χ3n) is 5.78. The van der Waals surface area contributed by atoms with Crippen molar-refractivity contribution in [2.24, 2.45) is 5.92 Å². The molecule has 1 aliphatic carbocycles. The Morgan fingerprint density at radius 3 is 2.56 bits per heavy atom. The molecule has 7 heteroatoms. The van der Waals surface area contributed by atoms with Gasteiger partial charge in [-0.25, -0.2) is 9.07 Å². The van der Waals surface area contributed by atoms with Crippen LogP contribution in [0.15, 0.2) is 54.6 Å². The van der Waals surface area contributed by atoms with E-state index in [9.17, 15) is 9.50 Å². The maximum absolute atomic E-state index is 13.9. The Morgan fingerprint density at radius 2 is 1.88 bits per heavy atom. The quantitative estimate of drug-likeness (QED) is 0.401. The molecular weight excluding hydrogens is 433 g/mol. The van der Waals surface area contributed by atoms with Crippen molar-refractivity contribution in [2.75, 3.05) is 19.8 Å². The van der Waals surface area contributed by atoms with Gasteiger partial charge in [0, 0.05) is 31.8 Å². The molecule has 0 aliphatic heterocycles. The first-order valence-electron chi connectivity index (χ1n) is 12.0. The number of aryl methyl sites for hydroxylation is 1. The zero-order valence-electron chi connectivity index (χ0n) is 20.2. The molecule has 6 nitrogen and oxygen atoms in total. The topological polar surface area (TPSA) is 59.8 Å². The molecule has 1 fully saturated rings. The third-order valence-corrected chi connectivity index (χ3v) is 5.78. The molecule has 1 unspecified atom stereocenters. The van der Waals surface area contributed by atoms with Crippen molar-refractivity contribution in [3.05, 3.63) is 71.7 Å². The molecule has 4 rings (SSSR count). The Bertz CT molecular complexity index is 1070. The Hall–Kier alpha value is -2.74. The molecule has 34 heavy (non-hydrogen) atoms. The molecule has 1 heterocycles. The second kappa shape index (κ2) is 11.1. The molecule has 1 atom stereocenters. The number of rotatable bonds is 12. The van der Waals surface area contributed by atoms with Gasteiger partial charge >= 0.3 is 0 Å². The van der Waals surface area contributed by atoms with Crippen LogP contribution < -0.4 is 4.74 Å². The normalized spacial score (nSPS) is 14.7. The van der Waals surface area contributed by atoms with Crippen LogP contribution in [0.3, 0.4) is 0 Å². The zero-order chi connectivity index (χ0) is 24.1. The van der Waals surface area contributed by atoms with Gasteiger partial charge in [0.1, 0.15) is 11.6 Å². The fourth-order valence-electron chi connectivity index (χ4n) is 3.96. The second-order valence-corrected chi connectivity index (χ2v) is 9.42. The Balaban J connectivity index is 1.60. The summed E-state index contributed by atoms with van der Waals surface area (Å²) in [6.45, 7) is 8.19. The van der Waals surface area contributed by atoms with E-state index in [-0.39, 0.29) is 5.82 Å². The van der Waals surface area contributed by atoms with E-state index >= 15 is 0 Å². The SMILES string of the molecule is Cc1nn(-c2ccccc2)c(Oc2cccc(F)c2)c1CN(CC(O)COCC(C)C)C1CC1. The average molecular weight is 468 g/mol. The van der Waals surface area contributed by atoms with Crippen LogP contribution in [-0.2, 0) is 11.3 Å². The summed E-state index contributed by atoms with van der Waals surface area (Å²) in [5.41, 5.74) is 2.63. The highest BCUT2D eigenvalue weighted by Crippen LogP contribution is 2.35. The highest BCUT2D eigenvalue weighted by atomic mass is 19.1. The predicted molar refractivity (Wildman–Crippen MR) is 130 cm³/mol. The highest BCUT2D eigenvalue weighted by molar-refractivity contribution is 5.43. The van der Waals surface area contributed by atoms with Crippen molar-refractivity contribution in [3.8, 4) is 17.3 Å². The summed E-state index contributed by atoms with van der Waals surface area (Å²) in [4.78, 5) is 2.28. The summed E-state index contributed by atoms with van der Waals surface area (Å²) >= 11 is 0. The number of benzene rings is 2. The molecule has 0 amide bonds. The van der Waals surface area contributed by atoms with Gasteiger partial charge < -0.3 is 14.6 Å². The van der Waals surface area contributed by atoms with Gasteiger partial charge in [0.25, 0.3) is 0 Å². The molecular formula is C27H34FN3O3. The lowest BCUT2D eigenvalue weighted by molar-refractivity contribution is 0.00536. The number of aromatic nitrogens is 2. The Kier molecular flexibility index (Phi) is 7.98. The molecule has 0 spiro atoms. The molecule has 2 aromatic carbocycles. The van der Waals surface area contributed by atoms with Crippen LogP contribution in [0.4, 0.5) is 4.39 Å². The van der Waals surface area contributed by atoms with Gasteiger partial charge in [-0.1, -0.05) is 38.1 Å². The summed E-state index contributed by atoms with van der Waals surface area (Å²) in [5.74, 6) is 1.05. The third kappa shape index (κ3) is 6.44. The summed E-state index contributed by atoms with van der Waals surface area (Å²) < 4.78 is 27.5. The number of ether oxygens (including phenoxy) is 2. The molecule has 1 N–H and O–H groups in total. The average Bonchev–Trinajstić information content (AvgIpc) is 3.60. The van der Waals surface area contributed by atoms with Crippen LogP contribution in [-0.4, -0.2) is 51.7 Å². The van der Waals surface area contributed by atoms with Gasteiger partial charge in [-0.05, 0) is 49.9 Å². The summed E-state index contributed by atoms with van der Waals surface area (Å²) in [6.07, 6.45) is 1.63. The molecule has 1 aromatic heterocycles. The van der Waals surface area contributed by atoms with Gasteiger partial charge in [-0.3, -0.25) is 4.90 Å². The van der Waals surface area contributed by atoms with Crippen LogP contribution >= 0.6 is 0 Å². The Morgan fingerprint density at radius 1 is 1.12 bits per heavy atom. The van der Waals surface area contributed by atoms with Gasteiger partial charge in [-0.15, -0.1) is 0 Å². The summed E-state index contributed by atoms with van der Waals surface area (Å²) in [7, 11) is 0. The molecule has 182 valence electrons. The van der Waals surface area contributed by atoms with Gasteiger partial charge in [-0.2, -0.15) is 5.10 Å². The largest absolute Gasteiger partial charge is 0.438 e. The molecule has 3 aromatic rings. The molecule has 0 saturated heterocycles. The molecule has 0 bridgehead atoms. The van der Waals surface area contributed by atoms with Crippen LogP contribution in [0.2, 0.25) is 0 Å². The first-order valence-corrected chi connectivity index (χ1v) is 12.0. The van der Waals surface area contributed by atoms with Crippen molar-refractivity contribution >= 4 is 0 Å². The molecule has 0 radical (unpaired) electrons. The van der Waals surface area contributed by atoms with E-state index in [0.29, 0.717) is 49.9 Å². The van der Waals surface area contributed by atoms with Crippen LogP contribution in [0.1, 0.15) is 37.9 Å². The van der Waals surface area contributed by atoms with E-state index in [1.807, 2.05) is 37.3 Å². The van der Waals surface area contributed by atoms with Gasteiger partial charge in [0.15, 0.2) is 0 Å². The number of hydrogen-bond acceptors (Lipinski definition) is 5. The number of para-hydroxylation sites is 1. The minimum atomic E-state index is -0.573. The number of aliphatic hydroxyl groups is 1. The minimum absolute atomic E-state index is 0.316. The fraction of sp³-hybridized carbons (Fsp3) is 0.444. The summed E-state index contributed by atoms with van der Waals surface area (Å²) in [6, 6.07) is 16.3. The number of hydrogen-bond donors (Lipinski definition) is 1. The van der Waals surface area contributed by atoms with Crippen LogP contribution in [0, 0.1) is 18.7 Å². The first kappa shape index (κ1) is 24.4. The number of nitrogens with zero attached hydrogens (tertiary/aromatic N) is 3. The standard InChI is InChI=1S/C27H34FN3O3/c1-19(2)17-33-18-24(32)15-30(22-12-13-22)16-26-20(3)29-31(23-9-5-4-6-10-23)27(26)34-25-11-7-8-21(28)14-25/h4-11,14,19,22,24,32H,12-13,15-18H2,1-3H3. The lowest BCUT2D eigenvalue weighted by Crippen LogP contribution is -2.36. The lowest BCUT2D eigenvalue weighted by Gasteiger charge is -2.25. The Labute approximate surface area is 200 Å². The van der Waals surface area contributed by atoms with Crippen molar-refractivity contribution < 1.29 is 19.0 Å². The first-order chi connectivity index (χ1) is 16.4. The maximum atomic E-state index is 13.9. The van der Waals surface area contributed by atoms with Gasteiger partial charge in [0.05, 0.1) is 29.7 Å². The van der Waals surface area contributed by atoms with Crippen molar-refractivity contribution in [1.82, 2.24) is 14.7 Å². The lowest BCUT2D eigenvalue weighted by atomic mass is 10.2. The van der Waals surface area contributed by atoms with E-state index < -0.39 is 6.10 Å². The van der Waals surface area contributed by atoms with E-state index in [2.05, 4.69) is 18.7 Å². The minimum Gasteiger partial charge on any atom is -0.438 e. The predicted octanol–water partition coefficient (Wildman–Crippen LogP) is 5.11. The van der Waals surface area contributed by atoms with Crippen LogP contribution in [0.5, 0.6) is 11.6 Å². The zero-order valence-corrected chi connectivity index (χ0v) is 20.2. The molecule has 1 saturated carbocycles. The van der Waals surface area contributed by atoms with Crippen LogP contribution in [0.25, 0.3) is 5.69 Å². The highest BCUT2D eigenvalue weighted by Gasteiger charge is 2.32. The monoisotopic (exact) mass is 467 g/mol. The second-order valence-electron chi connectivity index (χ2n) is 9.42. The van der Waals surface area contributed by atoms with Gasteiger partial charge in [0.2, 0.25) is 5.88 Å². The van der Waals surface area contributed by atoms with E-state index in [4.69, 9.17) is 14.6 Å².